The lowest BCUT2D eigenvalue weighted by Crippen LogP contribution is -2.34. The number of nitrogens with zero attached hydrogens (tertiary/aromatic N) is 9. The normalized spacial score (nSPS) is 21.1. The van der Waals surface area contributed by atoms with E-state index >= 15 is 0 Å². The summed E-state index contributed by atoms with van der Waals surface area (Å²) in [4.78, 5) is 59.4. The fourth-order valence-corrected chi connectivity index (χ4v) is 16.2. The van der Waals surface area contributed by atoms with Crippen molar-refractivity contribution in [2.24, 2.45) is 0 Å². The number of ether oxygens (including phenoxy) is 4. The number of ketones is 1. The van der Waals surface area contributed by atoms with Gasteiger partial charge in [0.1, 0.15) is 35.0 Å². The largest absolute Gasteiger partial charge is 0.511 e. The van der Waals surface area contributed by atoms with Crippen molar-refractivity contribution in [1.29, 1.82) is 0 Å². The Morgan fingerprint density at radius 2 is 1.02 bits per heavy atom. The summed E-state index contributed by atoms with van der Waals surface area (Å²) in [6.45, 7) is 15.7. The Kier molecular flexibility index (Phi) is 25.6. The van der Waals surface area contributed by atoms with Gasteiger partial charge in [0.2, 0.25) is 0 Å². The standard InChI is InChI=1S/C28H38N4O3.C27H36N4O3.C27H36N4O2/c1-19(33)27(24-9-6-13-29-26(24)20-10-11-20)32-15-12-22(18-32)35-16-4-3-7-21-17-25(34-2)23-8-5-14-30-28(23)31-21;32-27(33)25(24-17-28-14-11-23(24)19-7-8-19)31-15-12-22(18-31)34-16-3-1-2-6-21-10-9-20-5-4-13-29-26(20)30-21;1-19(32)26(24-8-5-14-28-25(24)20-9-10-20)31-16-13-23(18-31)33-17-3-2-7-22-12-11-21-6-4-15-29-27(21)30-22/h6,9,13,17,20,22,27,33H,1,3-5,7-8,10-12,14-16,18H2,2H3,(H,30,31);9-11,14,17,19,22,25H,1-8,12-13,15-16,18H2,(H,29,30)(H,32,33);5,8,11-12,14,20,23,26H,2-4,6-7,9-10,13,15-18H2,1H3,(H,29,30)/t22-,27?;22-,25?;23-,26-/m111/s1. The Bertz CT molecular complexity index is 3750. The second-order valence-electron chi connectivity index (χ2n) is 29.8. The maximum absolute atomic E-state index is 12.6. The number of Topliss-reactive ketones (excluding diaryl/α,β-unsaturated/α-hetero) is 1. The van der Waals surface area contributed by atoms with Gasteiger partial charge in [-0.2, -0.15) is 0 Å². The Morgan fingerprint density at radius 1 is 0.539 bits per heavy atom. The number of aromatic nitrogens is 6. The minimum absolute atomic E-state index is 0.108. The van der Waals surface area contributed by atoms with Crippen LogP contribution in [0.4, 0.5) is 17.5 Å². The second-order valence-corrected chi connectivity index (χ2v) is 29.8. The van der Waals surface area contributed by atoms with Crippen LogP contribution in [0, 0.1) is 0 Å². The second kappa shape index (κ2) is 35.8. The van der Waals surface area contributed by atoms with Crippen molar-refractivity contribution in [3.05, 3.63) is 165 Å². The molecule has 15 rings (SSSR count). The molecular weight excluding hydrogens is 1280 g/mol. The number of nitrogens with one attached hydrogen (secondary N) is 3. The van der Waals surface area contributed by atoms with E-state index in [0.717, 1.165) is 257 Å². The highest BCUT2D eigenvalue weighted by Gasteiger charge is 2.41. The van der Waals surface area contributed by atoms with Crippen LogP contribution in [0.1, 0.15) is 232 Å². The van der Waals surface area contributed by atoms with Crippen LogP contribution in [-0.2, 0) is 62.3 Å². The Balaban J connectivity index is 0.000000137. The molecule has 6 fully saturated rings. The SMILES string of the molecule is C=C(O)C(c1cccnc1C1CC1)N1CC[C@@H](OCCCCc2cc(OC)c3c(n2)NCCC3)C1.CC(=O)[C@H](c1cccnc1C1CC1)N1CC[C@@H](OCCCCc2ccc3c(n2)NCCC3)C1.O=C(O)C(c1cnccc1C1CC1)N1CC[C@@H](OCCCCCc2ccc3c(n2)NCCC3)C1. The van der Waals surface area contributed by atoms with Gasteiger partial charge in [-0.15, -0.1) is 0 Å². The first-order valence-electron chi connectivity index (χ1n) is 38.8. The van der Waals surface area contributed by atoms with Gasteiger partial charge in [-0.3, -0.25) is 39.2 Å². The van der Waals surface area contributed by atoms with Crippen LogP contribution >= 0.6 is 0 Å². The van der Waals surface area contributed by atoms with Crippen LogP contribution in [0.2, 0.25) is 0 Å². The molecule has 20 heteroatoms. The number of carbonyl (C=O) groups excluding carboxylic acids is 1. The number of methoxy groups -OCH3 is 1. The Labute approximate surface area is 604 Å². The van der Waals surface area contributed by atoms with Crippen molar-refractivity contribution < 1.29 is 38.7 Å². The molecule has 0 spiro atoms. The zero-order valence-corrected chi connectivity index (χ0v) is 60.5. The highest BCUT2D eigenvalue weighted by molar-refractivity contribution is 5.83. The molecule has 0 bridgehead atoms. The highest BCUT2D eigenvalue weighted by atomic mass is 16.5. The molecule has 12 heterocycles. The molecule has 3 aliphatic carbocycles. The summed E-state index contributed by atoms with van der Waals surface area (Å²) in [6, 6.07) is 20.0. The fraction of sp³-hybridized carbons (Fsp3) is 0.585. The predicted molar refractivity (Wildman–Crippen MR) is 398 cm³/mol. The number of aliphatic hydroxyl groups excluding tert-OH is 1. The summed E-state index contributed by atoms with van der Waals surface area (Å²) < 4.78 is 24.2. The lowest BCUT2D eigenvalue weighted by Gasteiger charge is -2.28. The number of aliphatic carboxylic acids is 1. The highest BCUT2D eigenvalue weighted by Crippen LogP contribution is 2.47. The van der Waals surface area contributed by atoms with Gasteiger partial charge in [-0.05, 0) is 225 Å². The molecule has 6 atom stereocenters. The van der Waals surface area contributed by atoms with Crippen molar-refractivity contribution in [2.75, 3.05) is 102 Å². The minimum atomic E-state index is -0.790. The minimum Gasteiger partial charge on any atom is -0.511 e. The van der Waals surface area contributed by atoms with Crippen molar-refractivity contribution in [3.8, 4) is 5.75 Å². The number of aliphatic hydroxyl groups is 1. The third-order valence-corrected chi connectivity index (χ3v) is 22.0. The van der Waals surface area contributed by atoms with E-state index in [9.17, 15) is 19.8 Å². The summed E-state index contributed by atoms with van der Waals surface area (Å²) in [7, 11) is 1.74. The van der Waals surface area contributed by atoms with E-state index in [1.165, 1.54) is 66.6 Å². The molecular formula is C82H110N12O8. The van der Waals surface area contributed by atoms with Crippen molar-refractivity contribution in [3.63, 3.8) is 0 Å². The summed E-state index contributed by atoms with van der Waals surface area (Å²) in [5, 5.41) is 30.7. The van der Waals surface area contributed by atoms with E-state index in [2.05, 4.69) is 94.6 Å². The van der Waals surface area contributed by atoms with Crippen molar-refractivity contribution in [2.45, 2.75) is 222 Å². The molecule has 3 saturated carbocycles. The molecule has 9 aliphatic rings. The van der Waals surface area contributed by atoms with Gasteiger partial charge in [0.05, 0.1) is 37.5 Å². The Hall–Kier alpha value is -7.46. The first-order chi connectivity index (χ1) is 50.0. The van der Waals surface area contributed by atoms with Gasteiger partial charge in [-0.1, -0.05) is 37.3 Å². The fourth-order valence-electron chi connectivity index (χ4n) is 16.2. The van der Waals surface area contributed by atoms with Crippen LogP contribution in [0.5, 0.6) is 5.75 Å². The number of fused-ring (bicyclic) bond motifs is 3. The average molecular weight is 1390 g/mol. The summed E-state index contributed by atoms with van der Waals surface area (Å²) >= 11 is 0. The number of rotatable bonds is 32. The zero-order chi connectivity index (χ0) is 70.2. The molecule has 6 aromatic rings. The van der Waals surface area contributed by atoms with Crippen molar-refractivity contribution in [1.82, 2.24) is 44.6 Å². The molecule has 102 heavy (non-hydrogen) atoms. The summed E-state index contributed by atoms with van der Waals surface area (Å²) in [5.41, 5.74) is 13.8. The van der Waals surface area contributed by atoms with Gasteiger partial charge in [0.15, 0.2) is 5.78 Å². The number of hydrogen-bond acceptors (Lipinski definition) is 19. The predicted octanol–water partition coefficient (Wildman–Crippen LogP) is 13.7. The van der Waals surface area contributed by atoms with E-state index in [4.69, 9.17) is 33.9 Å². The van der Waals surface area contributed by atoms with E-state index < -0.39 is 12.0 Å². The van der Waals surface area contributed by atoms with Crippen LogP contribution in [0.3, 0.4) is 0 Å². The number of anilines is 3. The Morgan fingerprint density at radius 3 is 1.54 bits per heavy atom. The average Bonchev–Trinajstić information content (AvgIpc) is 1.66. The lowest BCUT2D eigenvalue weighted by atomic mass is 9.98. The van der Waals surface area contributed by atoms with Crippen LogP contribution in [0.25, 0.3) is 0 Å². The van der Waals surface area contributed by atoms with E-state index in [1.807, 2.05) is 30.6 Å². The van der Waals surface area contributed by atoms with Gasteiger partial charge in [0, 0.05) is 161 Å². The number of hydrogen-bond donors (Lipinski definition) is 5. The molecule has 6 aliphatic heterocycles. The monoisotopic (exact) mass is 1390 g/mol. The number of carboxylic acids is 1. The van der Waals surface area contributed by atoms with Crippen LogP contribution < -0.4 is 20.7 Å². The quantitative estimate of drug-likeness (QED) is 0.0195. The number of carbonyl (C=O) groups is 2. The molecule has 0 aromatic carbocycles. The number of aryl methyl sites for hydroxylation is 5. The molecule has 0 radical (unpaired) electrons. The van der Waals surface area contributed by atoms with E-state index in [-0.39, 0.29) is 41.9 Å². The van der Waals surface area contributed by atoms with Gasteiger partial charge in [0.25, 0.3) is 0 Å². The maximum atomic E-state index is 12.6. The van der Waals surface area contributed by atoms with Gasteiger partial charge in [-0.25, -0.2) is 15.0 Å². The molecule has 0 amide bonds. The number of carboxylic acid groups (broad SMARTS) is 1. The lowest BCUT2D eigenvalue weighted by molar-refractivity contribution is -0.143. The first-order valence-corrected chi connectivity index (χ1v) is 38.8. The van der Waals surface area contributed by atoms with E-state index in [0.29, 0.717) is 24.3 Å². The number of pyridine rings is 6. The smallest absolute Gasteiger partial charge is 0.325 e. The molecule has 6 aromatic heterocycles. The maximum Gasteiger partial charge on any atom is 0.325 e. The molecule has 20 nitrogen and oxygen atoms in total. The van der Waals surface area contributed by atoms with Crippen LogP contribution in [-0.4, -0.2) is 171 Å². The van der Waals surface area contributed by atoms with E-state index in [1.54, 1.807) is 26.4 Å². The molecule has 5 N–H and O–H groups in total. The topological polar surface area (TPSA) is 235 Å². The molecule has 546 valence electrons. The summed E-state index contributed by atoms with van der Waals surface area (Å²) in [5.74, 6) is 5.29. The third-order valence-electron chi connectivity index (χ3n) is 22.0. The molecule has 3 saturated heterocycles. The van der Waals surface area contributed by atoms with Gasteiger partial charge < -0.3 is 45.1 Å². The number of likely N-dealkylation sites (tertiary alicyclic amines) is 3. The summed E-state index contributed by atoms with van der Waals surface area (Å²) in [6.07, 6.45) is 34.7. The molecule has 2 unspecified atom stereocenters. The first kappa shape index (κ1) is 72.9. The van der Waals surface area contributed by atoms with Gasteiger partial charge >= 0.3 is 5.97 Å². The van der Waals surface area contributed by atoms with Crippen molar-refractivity contribution >= 4 is 29.2 Å². The third kappa shape index (κ3) is 19.5. The zero-order valence-electron chi connectivity index (χ0n) is 60.5. The number of unbranched alkanes of at least 4 members (excludes halogenated alkanes) is 4. The van der Waals surface area contributed by atoms with Crippen LogP contribution in [0.15, 0.2) is 97.8 Å².